The van der Waals surface area contributed by atoms with Gasteiger partial charge in [-0.15, -0.1) is 16.4 Å². The van der Waals surface area contributed by atoms with Crippen molar-refractivity contribution >= 4 is 17.2 Å². The standard InChI is InChI=1S/C13H19N5OS/c14-6-2-1-4-11-9-18(17-16-11)10-13(19)15-8-12-5-3-7-20-12/h3,5,7,9H,1-2,4,6,8,10,14H2,(H,15,19). The zero-order valence-corrected chi connectivity index (χ0v) is 12.1. The van der Waals surface area contributed by atoms with Crippen molar-refractivity contribution in [3.8, 4) is 0 Å². The molecule has 7 heteroatoms. The zero-order valence-electron chi connectivity index (χ0n) is 11.3. The maximum Gasteiger partial charge on any atom is 0.242 e. The maximum absolute atomic E-state index is 11.8. The molecule has 0 spiro atoms. The summed E-state index contributed by atoms with van der Waals surface area (Å²) in [6, 6.07) is 3.97. The lowest BCUT2D eigenvalue weighted by Crippen LogP contribution is -2.27. The van der Waals surface area contributed by atoms with Crippen molar-refractivity contribution in [3.05, 3.63) is 34.3 Å². The Balaban J connectivity index is 1.73. The number of unbranched alkanes of at least 4 members (excludes halogenated alkanes) is 1. The van der Waals surface area contributed by atoms with Gasteiger partial charge in [0, 0.05) is 11.1 Å². The third kappa shape index (κ3) is 4.75. The Hall–Kier alpha value is -1.73. The predicted molar refractivity (Wildman–Crippen MR) is 78.2 cm³/mol. The summed E-state index contributed by atoms with van der Waals surface area (Å²) in [6.07, 6.45) is 4.66. The molecule has 2 rings (SSSR count). The SMILES string of the molecule is NCCCCc1cn(CC(=O)NCc2cccs2)nn1. The first-order valence-corrected chi connectivity index (χ1v) is 7.54. The summed E-state index contributed by atoms with van der Waals surface area (Å²) < 4.78 is 1.57. The third-order valence-corrected chi connectivity index (χ3v) is 3.70. The lowest BCUT2D eigenvalue weighted by Gasteiger charge is -2.02. The van der Waals surface area contributed by atoms with E-state index in [0.717, 1.165) is 29.8 Å². The van der Waals surface area contributed by atoms with E-state index < -0.39 is 0 Å². The van der Waals surface area contributed by atoms with Crippen LogP contribution in [0.15, 0.2) is 23.7 Å². The molecule has 1 amide bonds. The molecule has 6 nitrogen and oxygen atoms in total. The van der Waals surface area contributed by atoms with Crippen LogP contribution < -0.4 is 11.1 Å². The first-order valence-electron chi connectivity index (χ1n) is 6.66. The monoisotopic (exact) mass is 293 g/mol. The van der Waals surface area contributed by atoms with Crippen molar-refractivity contribution in [1.29, 1.82) is 0 Å². The molecule has 0 radical (unpaired) electrons. The van der Waals surface area contributed by atoms with Crippen LogP contribution in [-0.2, 0) is 24.3 Å². The number of amides is 1. The van der Waals surface area contributed by atoms with E-state index >= 15 is 0 Å². The second-order valence-electron chi connectivity index (χ2n) is 4.51. The topological polar surface area (TPSA) is 85.8 Å². The van der Waals surface area contributed by atoms with E-state index in [-0.39, 0.29) is 12.5 Å². The van der Waals surface area contributed by atoms with E-state index in [1.807, 2.05) is 23.7 Å². The smallest absolute Gasteiger partial charge is 0.242 e. The van der Waals surface area contributed by atoms with Crippen molar-refractivity contribution < 1.29 is 4.79 Å². The van der Waals surface area contributed by atoms with E-state index in [2.05, 4.69) is 15.6 Å². The number of aromatic nitrogens is 3. The fourth-order valence-corrected chi connectivity index (χ4v) is 2.43. The van der Waals surface area contributed by atoms with Gasteiger partial charge < -0.3 is 11.1 Å². The van der Waals surface area contributed by atoms with Gasteiger partial charge in [-0.2, -0.15) is 0 Å². The van der Waals surface area contributed by atoms with Crippen LogP contribution in [0.5, 0.6) is 0 Å². The van der Waals surface area contributed by atoms with Crippen LogP contribution in [-0.4, -0.2) is 27.4 Å². The molecule has 0 bridgehead atoms. The molecular formula is C13H19N5OS. The Kier molecular flexibility index (Phi) is 5.69. The fourth-order valence-electron chi connectivity index (χ4n) is 1.78. The van der Waals surface area contributed by atoms with Crippen LogP contribution in [0.3, 0.4) is 0 Å². The first kappa shape index (κ1) is 14.7. The summed E-state index contributed by atoms with van der Waals surface area (Å²) >= 11 is 1.63. The molecule has 2 heterocycles. The summed E-state index contributed by atoms with van der Waals surface area (Å²) in [5.41, 5.74) is 6.35. The molecule has 20 heavy (non-hydrogen) atoms. The van der Waals surface area contributed by atoms with Gasteiger partial charge in [0.1, 0.15) is 6.54 Å². The lowest BCUT2D eigenvalue weighted by molar-refractivity contribution is -0.122. The van der Waals surface area contributed by atoms with E-state index in [1.54, 1.807) is 16.0 Å². The number of thiophene rings is 1. The zero-order chi connectivity index (χ0) is 14.2. The highest BCUT2D eigenvalue weighted by Crippen LogP contribution is 2.07. The molecule has 0 aliphatic rings. The highest BCUT2D eigenvalue weighted by atomic mass is 32.1. The molecule has 0 aliphatic heterocycles. The summed E-state index contributed by atoms with van der Waals surface area (Å²) in [5.74, 6) is -0.0585. The molecule has 2 aromatic heterocycles. The van der Waals surface area contributed by atoms with Crippen molar-refractivity contribution in [1.82, 2.24) is 20.3 Å². The Morgan fingerprint density at radius 1 is 1.45 bits per heavy atom. The molecule has 0 aliphatic carbocycles. The number of aryl methyl sites for hydroxylation is 1. The summed E-state index contributed by atoms with van der Waals surface area (Å²) in [5, 5.41) is 12.9. The van der Waals surface area contributed by atoms with Crippen molar-refractivity contribution in [2.45, 2.75) is 32.4 Å². The average molecular weight is 293 g/mol. The van der Waals surface area contributed by atoms with Crippen LogP contribution in [0.25, 0.3) is 0 Å². The van der Waals surface area contributed by atoms with E-state index in [9.17, 15) is 4.79 Å². The van der Waals surface area contributed by atoms with Gasteiger partial charge >= 0.3 is 0 Å². The largest absolute Gasteiger partial charge is 0.350 e. The molecule has 0 atom stereocenters. The van der Waals surface area contributed by atoms with Gasteiger partial charge in [0.25, 0.3) is 0 Å². The lowest BCUT2D eigenvalue weighted by atomic mass is 10.2. The van der Waals surface area contributed by atoms with E-state index in [1.165, 1.54) is 0 Å². The summed E-state index contributed by atoms with van der Waals surface area (Å²) in [7, 11) is 0. The molecule has 0 aromatic carbocycles. The molecule has 0 saturated carbocycles. The molecule has 0 fully saturated rings. The number of carbonyl (C=O) groups is 1. The number of hydrogen-bond acceptors (Lipinski definition) is 5. The number of rotatable bonds is 8. The number of nitrogens with zero attached hydrogens (tertiary/aromatic N) is 3. The number of nitrogens with two attached hydrogens (primary N) is 1. The minimum Gasteiger partial charge on any atom is -0.350 e. The Morgan fingerprint density at radius 3 is 3.10 bits per heavy atom. The number of carbonyl (C=O) groups excluding carboxylic acids is 1. The quantitative estimate of drug-likeness (QED) is 0.709. The van der Waals surface area contributed by atoms with Crippen LogP contribution in [0.1, 0.15) is 23.4 Å². The van der Waals surface area contributed by atoms with Crippen LogP contribution in [0.2, 0.25) is 0 Å². The predicted octanol–water partition coefficient (Wildman–Crippen LogP) is 0.937. The minimum atomic E-state index is -0.0585. The Morgan fingerprint density at radius 2 is 2.35 bits per heavy atom. The molecular weight excluding hydrogens is 274 g/mol. The van der Waals surface area contributed by atoms with Crippen molar-refractivity contribution in [3.63, 3.8) is 0 Å². The maximum atomic E-state index is 11.8. The van der Waals surface area contributed by atoms with Crippen LogP contribution in [0, 0.1) is 0 Å². The van der Waals surface area contributed by atoms with Gasteiger partial charge in [-0.1, -0.05) is 11.3 Å². The van der Waals surface area contributed by atoms with Gasteiger partial charge in [0.15, 0.2) is 0 Å². The van der Waals surface area contributed by atoms with Gasteiger partial charge in [0.05, 0.1) is 12.2 Å². The van der Waals surface area contributed by atoms with Crippen LogP contribution in [0.4, 0.5) is 0 Å². The van der Waals surface area contributed by atoms with Crippen molar-refractivity contribution in [2.24, 2.45) is 5.73 Å². The molecule has 2 aromatic rings. The van der Waals surface area contributed by atoms with Gasteiger partial charge in [-0.05, 0) is 37.3 Å². The molecule has 108 valence electrons. The third-order valence-electron chi connectivity index (χ3n) is 2.82. The Labute approximate surface area is 122 Å². The minimum absolute atomic E-state index is 0.0585. The van der Waals surface area contributed by atoms with E-state index in [0.29, 0.717) is 13.1 Å². The molecule has 0 unspecified atom stereocenters. The fraction of sp³-hybridized carbons (Fsp3) is 0.462. The number of nitrogens with one attached hydrogen (secondary N) is 1. The average Bonchev–Trinajstić information content (AvgIpc) is 3.08. The van der Waals surface area contributed by atoms with Crippen molar-refractivity contribution in [2.75, 3.05) is 6.54 Å². The Bertz CT molecular complexity index is 523. The van der Waals surface area contributed by atoms with Gasteiger partial charge in [-0.25, -0.2) is 4.68 Å². The number of hydrogen-bond donors (Lipinski definition) is 2. The molecule has 3 N–H and O–H groups in total. The second kappa shape index (κ2) is 7.76. The second-order valence-corrected chi connectivity index (χ2v) is 5.54. The van der Waals surface area contributed by atoms with E-state index in [4.69, 9.17) is 5.73 Å². The summed E-state index contributed by atoms with van der Waals surface area (Å²) in [6.45, 7) is 1.46. The summed E-state index contributed by atoms with van der Waals surface area (Å²) in [4.78, 5) is 12.9. The normalized spacial score (nSPS) is 10.7. The molecule has 0 saturated heterocycles. The first-order chi connectivity index (χ1) is 9.78. The van der Waals surface area contributed by atoms with Crippen LogP contribution >= 0.6 is 11.3 Å². The van der Waals surface area contributed by atoms with Gasteiger partial charge in [0.2, 0.25) is 5.91 Å². The highest BCUT2D eigenvalue weighted by molar-refractivity contribution is 7.09. The van der Waals surface area contributed by atoms with Gasteiger partial charge in [-0.3, -0.25) is 4.79 Å². The highest BCUT2D eigenvalue weighted by Gasteiger charge is 2.06.